The molecule has 2 fully saturated rings. The molecule has 10 rings (SSSR count). The van der Waals surface area contributed by atoms with E-state index in [0.29, 0.717) is 11.8 Å². The third-order valence-electron chi connectivity index (χ3n) is 11.9. The minimum absolute atomic E-state index is 0.305. The first kappa shape index (κ1) is 30.3. The number of benzene rings is 1. The van der Waals surface area contributed by atoms with E-state index in [2.05, 4.69) is 93.5 Å². The van der Waals surface area contributed by atoms with Crippen LogP contribution in [0, 0.1) is 0 Å². The molecule has 4 aliphatic rings. The predicted molar refractivity (Wildman–Crippen MR) is 206 cm³/mol. The van der Waals surface area contributed by atoms with Crippen molar-refractivity contribution in [2.24, 2.45) is 0 Å². The van der Waals surface area contributed by atoms with Gasteiger partial charge in [-0.15, -0.1) is 56.7 Å². The van der Waals surface area contributed by atoms with Gasteiger partial charge in [-0.1, -0.05) is 26.0 Å². The van der Waals surface area contributed by atoms with E-state index in [4.69, 9.17) is 18.6 Å². The van der Waals surface area contributed by atoms with Crippen molar-refractivity contribution in [2.75, 3.05) is 0 Å². The van der Waals surface area contributed by atoms with E-state index < -0.39 is 0 Å². The molecule has 0 radical (unpaired) electrons. The van der Waals surface area contributed by atoms with Crippen LogP contribution < -0.4 is 9.55 Å². The second kappa shape index (κ2) is 9.22. The molecule has 4 nitrogen and oxygen atoms in total. The van der Waals surface area contributed by atoms with E-state index in [1.54, 1.807) is 0 Å². The van der Waals surface area contributed by atoms with Crippen LogP contribution in [-0.2, 0) is 18.6 Å². The first-order valence-corrected chi connectivity index (χ1v) is 20.6. The first-order valence-electron chi connectivity index (χ1n) is 16.5. The lowest BCUT2D eigenvalue weighted by atomic mass is 9.88. The van der Waals surface area contributed by atoms with Gasteiger partial charge in [0.05, 0.1) is 27.3 Å². The highest BCUT2D eigenvalue weighted by atomic mass is 32.1. The van der Waals surface area contributed by atoms with Crippen molar-refractivity contribution in [1.82, 2.24) is 0 Å². The zero-order chi connectivity index (χ0) is 32.7. The van der Waals surface area contributed by atoms with Gasteiger partial charge in [-0.05, 0) is 101 Å². The number of rotatable bonds is 2. The van der Waals surface area contributed by atoms with Crippen molar-refractivity contribution < 1.29 is 18.6 Å². The monoisotopic (exact) mass is 714 g/mol. The Bertz CT molecular complexity index is 2310. The maximum Gasteiger partial charge on any atom is 0.505 e. The summed E-state index contributed by atoms with van der Waals surface area (Å²) in [6.07, 6.45) is 0. The van der Waals surface area contributed by atoms with Gasteiger partial charge in [-0.2, -0.15) is 0 Å². The lowest BCUT2D eigenvalue weighted by Crippen LogP contribution is -2.41. The Labute approximate surface area is 296 Å². The van der Waals surface area contributed by atoms with Crippen LogP contribution in [0.2, 0.25) is 0 Å². The van der Waals surface area contributed by atoms with Crippen LogP contribution in [0.5, 0.6) is 0 Å². The molecular weight excluding hydrogens is 678 g/mol. The van der Waals surface area contributed by atoms with Crippen LogP contribution in [0.25, 0.3) is 49.1 Å². The maximum absolute atomic E-state index is 6.44. The smallest absolute Gasteiger partial charge is 0.399 e. The molecule has 0 bridgehead atoms. The zero-order valence-corrected chi connectivity index (χ0v) is 32.4. The molecule has 6 aromatic rings. The van der Waals surface area contributed by atoms with E-state index in [1.165, 1.54) is 80.9 Å². The fourth-order valence-corrected chi connectivity index (χ4v) is 15.2. The summed E-state index contributed by atoms with van der Waals surface area (Å²) in [6, 6.07) is 9.48. The molecule has 240 valence electrons. The standard InChI is InChI=1S/C36H36B2O4S5/c1-15-23-17(28-25(15)29-19(43-28)13-21(45-29)37-39-33(3,4)34(5,6)40-37)11-12-18-24-16(2)26-30-20(44-32(26)31(24)47-27(18)23)14-22(46-30)38-41-35(7,8)36(9,10)42-38/h11-16H,1-10H3. The fraction of sp³-hybridized carbons (Fsp3) is 0.444. The second-order valence-corrected chi connectivity index (χ2v) is 21.0. The topological polar surface area (TPSA) is 36.9 Å². The molecule has 0 spiro atoms. The van der Waals surface area contributed by atoms with Crippen molar-refractivity contribution in [1.29, 1.82) is 0 Å². The summed E-state index contributed by atoms with van der Waals surface area (Å²) in [5.74, 6) is 0.715. The Morgan fingerprint density at radius 2 is 0.957 bits per heavy atom. The van der Waals surface area contributed by atoms with Gasteiger partial charge in [0, 0.05) is 54.6 Å². The SMILES string of the molecule is CC1c2c(sc3c4c(ccc23)-c2sc3cc(B5OC(C)(C)C(C)(C)O5)sc3c2C4C)-c2sc3cc(B4OC(C)(C)C(C)(C)O4)sc3c21. The molecule has 2 aliphatic heterocycles. The molecular formula is C36H36B2O4S5. The lowest BCUT2D eigenvalue weighted by molar-refractivity contribution is 0.00578. The normalized spacial score (nSPS) is 24.6. The Hall–Kier alpha value is -1.53. The van der Waals surface area contributed by atoms with Crippen LogP contribution in [0.4, 0.5) is 0 Å². The van der Waals surface area contributed by atoms with E-state index in [1.807, 2.05) is 56.7 Å². The molecule has 2 aliphatic carbocycles. The highest BCUT2D eigenvalue weighted by Crippen LogP contribution is 2.62. The van der Waals surface area contributed by atoms with E-state index in [0.717, 1.165) is 0 Å². The van der Waals surface area contributed by atoms with Crippen molar-refractivity contribution in [3.05, 3.63) is 46.5 Å². The number of hydrogen-bond donors (Lipinski definition) is 0. The van der Waals surface area contributed by atoms with Crippen molar-refractivity contribution in [3.8, 4) is 20.2 Å². The van der Waals surface area contributed by atoms with Gasteiger partial charge in [-0.25, -0.2) is 0 Å². The number of thiophene rings is 5. The van der Waals surface area contributed by atoms with Crippen LogP contribution in [0.3, 0.4) is 0 Å². The predicted octanol–water partition coefficient (Wildman–Crippen LogP) is 10.3. The largest absolute Gasteiger partial charge is 0.505 e. The second-order valence-electron chi connectivity index (χ2n) is 15.7. The molecule has 5 aromatic heterocycles. The van der Waals surface area contributed by atoms with E-state index >= 15 is 0 Å². The zero-order valence-electron chi connectivity index (χ0n) is 28.3. The maximum atomic E-state index is 6.44. The van der Waals surface area contributed by atoms with Gasteiger partial charge >= 0.3 is 14.2 Å². The minimum Gasteiger partial charge on any atom is -0.399 e. The number of hydrogen-bond acceptors (Lipinski definition) is 9. The minimum atomic E-state index is -0.337. The first-order chi connectivity index (χ1) is 22.1. The Morgan fingerprint density at radius 1 is 0.511 bits per heavy atom. The fourth-order valence-electron chi connectivity index (χ4n) is 7.87. The van der Waals surface area contributed by atoms with Crippen LogP contribution in [-0.4, -0.2) is 36.6 Å². The van der Waals surface area contributed by atoms with Crippen LogP contribution in [0.15, 0.2) is 24.3 Å². The molecule has 2 unspecified atom stereocenters. The van der Waals surface area contributed by atoms with Gasteiger partial charge in [-0.3, -0.25) is 0 Å². The summed E-state index contributed by atoms with van der Waals surface area (Å²) in [6.45, 7) is 21.9. The average molecular weight is 715 g/mol. The van der Waals surface area contributed by atoms with Crippen LogP contribution in [0.1, 0.15) is 103 Å². The average Bonchev–Trinajstić information content (AvgIpc) is 3.81. The molecule has 0 N–H and O–H groups in total. The van der Waals surface area contributed by atoms with Crippen molar-refractivity contribution in [2.45, 2.75) is 103 Å². The molecule has 47 heavy (non-hydrogen) atoms. The summed E-state index contributed by atoms with van der Waals surface area (Å²) < 4.78 is 35.1. The van der Waals surface area contributed by atoms with E-state index in [-0.39, 0.29) is 36.6 Å². The van der Waals surface area contributed by atoms with Crippen molar-refractivity contribution in [3.63, 3.8) is 0 Å². The summed E-state index contributed by atoms with van der Waals surface area (Å²) in [7, 11) is -0.615. The summed E-state index contributed by atoms with van der Waals surface area (Å²) in [5, 5.41) is 1.44. The quantitative estimate of drug-likeness (QED) is 0.167. The molecule has 0 amide bonds. The third kappa shape index (κ3) is 3.79. The molecule has 7 heterocycles. The Balaban J connectivity index is 1.03. The molecule has 2 saturated heterocycles. The Morgan fingerprint density at radius 3 is 1.49 bits per heavy atom. The van der Waals surface area contributed by atoms with Crippen molar-refractivity contribution >= 4 is 109 Å². The lowest BCUT2D eigenvalue weighted by Gasteiger charge is -2.32. The Kier molecular flexibility index (Phi) is 5.95. The summed E-state index contributed by atoms with van der Waals surface area (Å²) in [5.41, 5.74) is 6.12. The third-order valence-corrected chi connectivity index (χ3v) is 18.3. The number of fused-ring (bicyclic) bond motifs is 13. The molecule has 2 atom stereocenters. The summed E-state index contributed by atoms with van der Waals surface area (Å²) in [4.78, 5) is 4.40. The van der Waals surface area contributed by atoms with Crippen LogP contribution >= 0.6 is 56.7 Å². The molecule has 0 saturated carbocycles. The van der Waals surface area contributed by atoms with E-state index in [9.17, 15) is 0 Å². The van der Waals surface area contributed by atoms with Gasteiger partial charge in [0.1, 0.15) is 0 Å². The van der Waals surface area contributed by atoms with Gasteiger partial charge in [0.2, 0.25) is 0 Å². The van der Waals surface area contributed by atoms with Gasteiger partial charge in [0.25, 0.3) is 0 Å². The molecule has 11 heteroatoms. The van der Waals surface area contributed by atoms with Gasteiger partial charge in [0.15, 0.2) is 0 Å². The highest BCUT2D eigenvalue weighted by molar-refractivity contribution is 7.36. The summed E-state index contributed by atoms with van der Waals surface area (Å²) >= 11 is 9.66. The van der Waals surface area contributed by atoms with Gasteiger partial charge < -0.3 is 18.6 Å². The molecule has 1 aromatic carbocycles. The highest BCUT2D eigenvalue weighted by Gasteiger charge is 2.54.